The molecular weight excluding hydrogens is 424 g/mol. The molecular formula is C21H26N2O5S2. The number of hydrogen-bond acceptors (Lipinski definition) is 6. The molecule has 0 atom stereocenters. The highest BCUT2D eigenvalue weighted by Crippen LogP contribution is 2.24. The number of methoxy groups -OCH3 is 1. The van der Waals surface area contributed by atoms with Crippen LogP contribution in [0.4, 0.5) is 0 Å². The van der Waals surface area contributed by atoms with Crippen LogP contribution in [0.2, 0.25) is 0 Å². The van der Waals surface area contributed by atoms with Gasteiger partial charge < -0.3 is 14.4 Å². The first-order valence-corrected chi connectivity index (χ1v) is 12.3. The van der Waals surface area contributed by atoms with Crippen molar-refractivity contribution in [3.05, 3.63) is 59.7 Å². The summed E-state index contributed by atoms with van der Waals surface area (Å²) in [6, 6.07) is 14.4. The number of nitrogens with one attached hydrogen (secondary N) is 1. The lowest BCUT2D eigenvalue weighted by Crippen LogP contribution is -2.40. The summed E-state index contributed by atoms with van der Waals surface area (Å²) in [6.07, 6.45) is 0. The molecule has 30 heavy (non-hydrogen) atoms. The smallest absolute Gasteiger partial charge is 0.257 e. The van der Waals surface area contributed by atoms with Gasteiger partial charge in [-0.3, -0.25) is 4.79 Å². The molecule has 162 valence electrons. The third-order valence-electron chi connectivity index (χ3n) is 4.66. The molecule has 0 bridgehead atoms. The van der Waals surface area contributed by atoms with Crippen LogP contribution < -0.4 is 9.46 Å². The van der Waals surface area contributed by atoms with Crippen molar-refractivity contribution in [3.63, 3.8) is 0 Å². The highest BCUT2D eigenvalue weighted by atomic mass is 32.2. The summed E-state index contributed by atoms with van der Waals surface area (Å²) >= 11 is 1.66. The van der Waals surface area contributed by atoms with Crippen LogP contribution in [0.5, 0.6) is 5.75 Å². The van der Waals surface area contributed by atoms with E-state index in [1.165, 1.54) is 30.9 Å². The van der Waals surface area contributed by atoms with E-state index in [9.17, 15) is 13.2 Å². The standard InChI is InChI=1S/C21H26N2O5S2/c1-27-20-8-7-18(15-19(20)21(24)23-10-12-28-13-11-23)30(25,26)22-9-14-29-16-17-5-3-2-4-6-17/h2-8,15,22H,9-14,16H2,1H3. The quantitative estimate of drug-likeness (QED) is 0.591. The molecule has 1 saturated heterocycles. The van der Waals surface area contributed by atoms with Crippen molar-refractivity contribution >= 4 is 27.7 Å². The number of ether oxygens (including phenoxy) is 2. The maximum atomic E-state index is 12.9. The molecule has 0 aromatic heterocycles. The van der Waals surface area contributed by atoms with Gasteiger partial charge in [-0.25, -0.2) is 13.1 Å². The number of sulfonamides is 1. The first-order valence-electron chi connectivity index (χ1n) is 9.67. The van der Waals surface area contributed by atoms with E-state index in [0.717, 1.165) is 5.75 Å². The Morgan fingerprint density at radius 3 is 2.60 bits per heavy atom. The van der Waals surface area contributed by atoms with Gasteiger partial charge in [0, 0.05) is 31.1 Å². The van der Waals surface area contributed by atoms with Crippen molar-refractivity contribution in [1.29, 1.82) is 0 Å². The second kappa shape index (κ2) is 10.8. The maximum absolute atomic E-state index is 12.9. The Bertz CT molecular complexity index is 945. The second-order valence-electron chi connectivity index (χ2n) is 6.70. The van der Waals surface area contributed by atoms with Crippen LogP contribution in [0.1, 0.15) is 15.9 Å². The van der Waals surface area contributed by atoms with E-state index in [2.05, 4.69) is 4.72 Å². The van der Waals surface area contributed by atoms with Crippen molar-refractivity contribution in [2.24, 2.45) is 0 Å². The summed E-state index contributed by atoms with van der Waals surface area (Å²) in [4.78, 5) is 14.6. The summed E-state index contributed by atoms with van der Waals surface area (Å²) in [7, 11) is -2.27. The largest absolute Gasteiger partial charge is 0.496 e. The summed E-state index contributed by atoms with van der Waals surface area (Å²) < 4.78 is 38.6. The van der Waals surface area contributed by atoms with Gasteiger partial charge in [-0.2, -0.15) is 11.8 Å². The van der Waals surface area contributed by atoms with Crippen LogP contribution in [0, 0.1) is 0 Å². The van der Waals surface area contributed by atoms with Crippen LogP contribution in [-0.2, 0) is 20.5 Å². The Hall–Kier alpha value is -2.07. The molecule has 0 radical (unpaired) electrons. The van der Waals surface area contributed by atoms with Crippen LogP contribution in [0.15, 0.2) is 53.4 Å². The fourth-order valence-corrected chi connectivity index (χ4v) is 5.06. The molecule has 2 aromatic carbocycles. The van der Waals surface area contributed by atoms with E-state index >= 15 is 0 Å². The first-order chi connectivity index (χ1) is 14.5. The van der Waals surface area contributed by atoms with Gasteiger partial charge >= 0.3 is 0 Å². The van der Waals surface area contributed by atoms with Crippen molar-refractivity contribution in [2.75, 3.05) is 45.7 Å². The fraction of sp³-hybridized carbons (Fsp3) is 0.381. The molecule has 0 aliphatic carbocycles. The van der Waals surface area contributed by atoms with Gasteiger partial charge in [-0.1, -0.05) is 30.3 Å². The van der Waals surface area contributed by atoms with Crippen LogP contribution in [-0.4, -0.2) is 64.9 Å². The van der Waals surface area contributed by atoms with Gasteiger partial charge in [0.25, 0.3) is 5.91 Å². The topological polar surface area (TPSA) is 84.9 Å². The van der Waals surface area contributed by atoms with Gasteiger partial charge in [0.05, 0.1) is 30.8 Å². The van der Waals surface area contributed by atoms with Gasteiger partial charge in [-0.15, -0.1) is 0 Å². The van der Waals surface area contributed by atoms with Crippen molar-refractivity contribution < 1.29 is 22.7 Å². The number of hydrogen-bond donors (Lipinski definition) is 1. The molecule has 2 aromatic rings. The monoisotopic (exact) mass is 450 g/mol. The van der Waals surface area contributed by atoms with E-state index in [1.54, 1.807) is 16.7 Å². The van der Waals surface area contributed by atoms with Gasteiger partial charge in [0.1, 0.15) is 5.75 Å². The van der Waals surface area contributed by atoms with Gasteiger partial charge in [0.15, 0.2) is 0 Å². The minimum atomic E-state index is -3.73. The SMILES string of the molecule is COc1ccc(S(=O)(=O)NCCSCc2ccccc2)cc1C(=O)N1CCOCC1. The Balaban J connectivity index is 1.62. The molecule has 0 spiro atoms. The molecule has 3 rings (SSSR count). The molecule has 9 heteroatoms. The number of morpholine rings is 1. The predicted molar refractivity (Wildman–Crippen MR) is 118 cm³/mol. The van der Waals surface area contributed by atoms with E-state index in [-0.39, 0.29) is 16.4 Å². The van der Waals surface area contributed by atoms with Crippen molar-refractivity contribution in [2.45, 2.75) is 10.6 Å². The van der Waals surface area contributed by atoms with Crippen LogP contribution in [0.3, 0.4) is 0 Å². The number of carbonyl (C=O) groups excluding carboxylic acids is 1. The average molecular weight is 451 g/mol. The molecule has 1 heterocycles. The Morgan fingerprint density at radius 1 is 1.17 bits per heavy atom. The minimum Gasteiger partial charge on any atom is -0.496 e. The molecule has 1 aliphatic rings. The molecule has 1 amide bonds. The second-order valence-corrected chi connectivity index (χ2v) is 9.57. The highest BCUT2D eigenvalue weighted by Gasteiger charge is 2.24. The minimum absolute atomic E-state index is 0.0490. The number of benzene rings is 2. The third kappa shape index (κ3) is 5.98. The number of amides is 1. The summed E-state index contributed by atoms with van der Waals surface area (Å²) in [5, 5.41) is 0. The van der Waals surface area contributed by atoms with Crippen LogP contribution in [0.25, 0.3) is 0 Å². The predicted octanol–water partition coefficient (Wildman–Crippen LogP) is 2.38. The van der Waals surface area contributed by atoms with Gasteiger partial charge in [0.2, 0.25) is 10.0 Å². The summed E-state index contributed by atoms with van der Waals surface area (Å²) in [6.45, 7) is 2.17. The maximum Gasteiger partial charge on any atom is 0.257 e. The average Bonchev–Trinajstić information content (AvgIpc) is 2.79. The molecule has 0 saturated carbocycles. The number of thioether (sulfide) groups is 1. The Labute approximate surface area is 181 Å². The van der Waals surface area contributed by atoms with Crippen molar-refractivity contribution in [3.8, 4) is 5.75 Å². The molecule has 1 aliphatic heterocycles. The molecule has 1 N–H and O–H groups in total. The van der Waals surface area contributed by atoms with E-state index in [0.29, 0.717) is 44.4 Å². The zero-order valence-electron chi connectivity index (χ0n) is 16.9. The van der Waals surface area contributed by atoms with Crippen molar-refractivity contribution in [1.82, 2.24) is 9.62 Å². The number of nitrogens with zero attached hydrogens (tertiary/aromatic N) is 1. The van der Waals surface area contributed by atoms with E-state index in [1.807, 2.05) is 30.3 Å². The third-order valence-corrected chi connectivity index (χ3v) is 7.15. The lowest BCUT2D eigenvalue weighted by Gasteiger charge is -2.27. The van der Waals surface area contributed by atoms with E-state index in [4.69, 9.17) is 9.47 Å². The normalized spacial score (nSPS) is 14.5. The Morgan fingerprint density at radius 2 is 1.90 bits per heavy atom. The lowest BCUT2D eigenvalue weighted by molar-refractivity contribution is 0.0300. The molecule has 7 nitrogen and oxygen atoms in total. The van der Waals surface area contributed by atoms with Gasteiger partial charge in [-0.05, 0) is 23.8 Å². The highest BCUT2D eigenvalue weighted by molar-refractivity contribution is 7.98. The molecule has 0 unspecified atom stereocenters. The summed E-state index contributed by atoms with van der Waals surface area (Å²) in [5.41, 5.74) is 1.44. The Kier molecular flexibility index (Phi) is 8.15. The number of carbonyl (C=O) groups is 1. The zero-order valence-corrected chi connectivity index (χ0v) is 18.5. The number of rotatable bonds is 9. The zero-order chi connectivity index (χ0) is 21.4. The molecule has 1 fully saturated rings. The summed E-state index contributed by atoms with van der Waals surface area (Å²) in [5.74, 6) is 1.56. The first kappa shape index (κ1) is 22.6. The van der Waals surface area contributed by atoms with E-state index < -0.39 is 10.0 Å². The fourth-order valence-electron chi connectivity index (χ4n) is 3.05. The van der Waals surface area contributed by atoms with Crippen LogP contribution >= 0.6 is 11.8 Å². The lowest BCUT2D eigenvalue weighted by atomic mass is 10.1.